The van der Waals surface area contributed by atoms with Gasteiger partial charge in [0.2, 0.25) is 0 Å². The lowest BCUT2D eigenvalue weighted by atomic mass is 9.97. The first-order chi connectivity index (χ1) is 6.65. The van der Waals surface area contributed by atoms with Crippen LogP contribution in [0.4, 0.5) is 0 Å². The van der Waals surface area contributed by atoms with Crippen molar-refractivity contribution in [3.05, 3.63) is 0 Å². The van der Waals surface area contributed by atoms with Gasteiger partial charge in [-0.25, -0.2) is 0 Å². The van der Waals surface area contributed by atoms with E-state index in [1.54, 1.807) is 0 Å². The van der Waals surface area contributed by atoms with Crippen LogP contribution in [-0.2, 0) is 9.53 Å². The van der Waals surface area contributed by atoms with Crippen LogP contribution in [0.2, 0.25) is 0 Å². The summed E-state index contributed by atoms with van der Waals surface area (Å²) >= 11 is 1.50. The normalized spacial score (nSPS) is 20.2. The number of carbonyl (C=O) groups excluding carboxylic acids is 1. The van der Waals surface area contributed by atoms with Gasteiger partial charge in [0, 0.05) is 11.5 Å². The molecule has 0 radical (unpaired) electrons. The molecule has 1 rings (SSSR count). The highest BCUT2D eigenvalue weighted by atomic mass is 32.2. The predicted molar refractivity (Wildman–Crippen MR) is 56.1 cm³/mol. The third-order valence-electron chi connectivity index (χ3n) is 2.45. The van der Waals surface area contributed by atoms with Crippen molar-refractivity contribution in [1.29, 1.82) is 0 Å². The Labute approximate surface area is 88.2 Å². The van der Waals surface area contributed by atoms with Crippen molar-refractivity contribution in [2.75, 3.05) is 25.2 Å². The number of aliphatic hydroxyl groups is 1. The van der Waals surface area contributed by atoms with Crippen molar-refractivity contribution in [2.45, 2.75) is 18.4 Å². The van der Waals surface area contributed by atoms with Gasteiger partial charge >= 0.3 is 5.97 Å². The van der Waals surface area contributed by atoms with E-state index < -0.39 is 5.54 Å². The average molecular weight is 219 g/mol. The van der Waals surface area contributed by atoms with E-state index in [1.807, 2.05) is 0 Å². The van der Waals surface area contributed by atoms with Gasteiger partial charge in [0.25, 0.3) is 0 Å². The maximum atomic E-state index is 11.5. The van der Waals surface area contributed by atoms with Crippen LogP contribution in [0.15, 0.2) is 0 Å². The van der Waals surface area contributed by atoms with E-state index in [0.717, 1.165) is 12.8 Å². The van der Waals surface area contributed by atoms with Gasteiger partial charge in [-0.05, 0) is 18.8 Å². The monoisotopic (exact) mass is 219 g/mol. The molecular weight excluding hydrogens is 202 g/mol. The molecular formula is C9H17NO3S. The van der Waals surface area contributed by atoms with Crippen molar-refractivity contribution in [3.63, 3.8) is 0 Å². The van der Waals surface area contributed by atoms with E-state index in [2.05, 4.69) is 0 Å². The molecule has 1 atom stereocenters. The van der Waals surface area contributed by atoms with Crippen LogP contribution in [0.3, 0.4) is 0 Å². The van der Waals surface area contributed by atoms with Gasteiger partial charge in [0.15, 0.2) is 0 Å². The minimum atomic E-state index is -0.839. The van der Waals surface area contributed by atoms with Crippen molar-refractivity contribution in [3.8, 4) is 0 Å². The molecule has 1 aliphatic rings. The zero-order valence-electron chi connectivity index (χ0n) is 8.36. The van der Waals surface area contributed by atoms with E-state index in [-0.39, 0.29) is 18.5 Å². The number of methoxy groups -OCH3 is 1. The first-order valence-electron chi connectivity index (χ1n) is 4.71. The number of hydrogen-bond acceptors (Lipinski definition) is 5. The summed E-state index contributed by atoms with van der Waals surface area (Å²) in [5.41, 5.74) is 5.18. The number of carbonyl (C=O) groups is 1. The fourth-order valence-electron chi connectivity index (χ4n) is 1.44. The van der Waals surface area contributed by atoms with Crippen molar-refractivity contribution in [1.82, 2.24) is 0 Å². The van der Waals surface area contributed by atoms with E-state index in [9.17, 15) is 4.79 Å². The second kappa shape index (κ2) is 5.00. The Morgan fingerprint density at radius 2 is 2.36 bits per heavy atom. The number of ether oxygens (including phenoxy) is 1. The van der Waals surface area contributed by atoms with Crippen molar-refractivity contribution in [2.24, 2.45) is 11.7 Å². The number of rotatable bonds is 6. The predicted octanol–water partition coefficient (Wildman–Crippen LogP) is -0.00760. The van der Waals surface area contributed by atoms with Crippen LogP contribution in [0.25, 0.3) is 0 Å². The summed E-state index contributed by atoms with van der Waals surface area (Å²) < 4.78 is 4.71. The molecule has 0 aliphatic heterocycles. The van der Waals surface area contributed by atoms with Crippen LogP contribution >= 0.6 is 11.8 Å². The number of esters is 1. The lowest BCUT2D eigenvalue weighted by molar-refractivity contribution is -0.146. The third-order valence-corrected chi connectivity index (χ3v) is 3.60. The summed E-state index contributed by atoms with van der Waals surface area (Å²) in [6.45, 7) is 0.118. The van der Waals surface area contributed by atoms with Crippen molar-refractivity contribution < 1.29 is 14.6 Å². The first-order valence-corrected chi connectivity index (χ1v) is 5.86. The molecule has 0 amide bonds. The number of hydrogen-bond donors (Lipinski definition) is 2. The number of aliphatic hydroxyl groups excluding tert-OH is 1. The Morgan fingerprint density at radius 1 is 1.71 bits per heavy atom. The van der Waals surface area contributed by atoms with Gasteiger partial charge in [0.05, 0.1) is 13.7 Å². The Bertz CT molecular complexity index is 208. The third kappa shape index (κ3) is 2.62. The quantitative estimate of drug-likeness (QED) is 0.485. The lowest BCUT2D eigenvalue weighted by Gasteiger charge is -2.25. The largest absolute Gasteiger partial charge is 0.468 e. The SMILES string of the molecule is COC(=O)C(N)(CSCCO)C1CC1. The molecule has 0 aromatic rings. The van der Waals surface area contributed by atoms with Gasteiger partial charge in [-0.15, -0.1) is 0 Å². The highest BCUT2D eigenvalue weighted by Gasteiger charge is 2.48. The number of nitrogens with two attached hydrogens (primary N) is 1. The first kappa shape index (κ1) is 11.8. The van der Waals surface area contributed by atoms with Gasteiger partial charge in [-0.2, -0.15) is 11.8 Å². The summed E-state index contributed by atoms with van der Waals surface area (Å²) in [7, 11) is 1.36. The fourth-order valence-corrected chi connectivity index (χ4v) is 2.40. The highest BCUT2D eigenvalue weighted by molar-refractivity contribution is 7.99. The minimum absolute atomic E-state index is 0.118. The highest BCUT2D eigenvalue weighted by Crippen LogP contribution is 2.40. The molecule has 14 heavy (non-hydrogen) atoms. The molecule has 1 unspecified atom stereocenters. The molecule has 5 heteroatoms. The summed E-state index contributed by atoms with van der Waals surface area (Å²) in [6.07, 6.45) is 2.01. The summed E-state index contributed by atoms with van der Waals surface area (Å²) in [6, 6.07) is 0. The summed E-state index contributed by atoms with van der Waals surface area (Å²) in [5, 5.41) is 8.64. The van der Waals surface area contributed by atoms with E-state index >= 15 is 0 Å². The zero-order valence-corrected chi connectivity index (χ0v) is 9.18. The Kier molecular flexibility index (Phi) is 4.22. The lowest BCUT2D eigenvalue weighted by Crippen LogP contribution is -2.53. The molecule has 1 saturated carbocycles. The molecule has 0 saturated heterocycles. The van der Waals surface area contributed by atoms with Crippen molar-refractivity contribution >= 4 is 17.7 Å². The Morgan fingerprint density at radius 3 is 2.79 bits per heavy atom. The van der Waals surface area contributed by atoms with Crippen LogP contribution in [0.5, 0.6) is 0 Å². The second-order valence-corrected chi connectivity index (χ2v) is 4.69. The van der Waals surface area contributed by atoms with Gasteiger partial charge < -0.3 is 15.6 Å². The Balaban J connectivity index is 2.48. The topological polar surface area (TPSA) is 72.5 Å². The van der Waals surface area contributed by atoms with E-state index in [1.165, 1.54) is 18.9 Å². The summed E-state index contributed by atoms with van der Waals surface area (Å²) in [5.74, 6) is 1.08. The number of thioether (sulfide) groups is 1. The average Bonchev–Trinajstić information content (AvgIpc) is 3.00. The van der Waals surface area contributed by atoms with E-state index in [4.69, 9.17) is 15.6 Å². The van der Waals surface area contributed by atoms with Crippen LogP contribution in [-0.4, -0.2) is 41.8 Å². The molecule has 3 N–H and O–H groups in total. The van der Waals surface area contributed by atoms with Crippen LogP contribution in [0.1, 0.15) is 12.8 Å². The second-order valence-electron chi connectivity index (χ2n) is 3.58. The molecule has 4 nitrogen and oxygen atoms in total. The molecule has 0 heterocycles. The maximum Gasteiger partial charge on any atom is 0.326 e. The molecule has 1 fully saturated rings. The molecule has 0 aromatic carbocycles. The maximum absolute atomic E-state index is 11.5. The van der Waals surface area contributed by atoms with Gasteiger partial charge in [-0.1, -0.05) is 0 Å². The molecule has 0 bridgehead atoms. The molecule has 82 valence electrons. The molecule has 0 spiro atoms. The standard InChI is InChI=1S/C9H17NO3S/c1-13-8(12)9(10,7-2-3-7)6-14-5-4-11/h7,11H,2-6,10H2,1H3. The fraction of sp³-hybridized carbons (Fsp3) is 0.889. The van der Waals surface area contributed by atoms with Crippen LogP contribution in [0, 0.1) is 5.92 Å². The smallest absolute Gasteiger partial charge is 0.326 e. The van der Waals surface area contributed by atoms with Gasteiger partial charge in [-0.3, -0.25) is 4.79 Å². The van der Waals surface area contributed by atoms with E-state index in [0.29, 0.717) is 11.5 Å². The Hall–Kier alpha value is -0.260. The minimum Gasteiger partial charge on any atom is -0.468 e. The molecule has 0 aromatic heterocycles. The summed E-state index contributed by atoms with van der Waals surface area (Å²) in [4.78, 5) is 11.5. The molecule has 1 aliphatic carbocycles. The van der Waals surface area contributed by atoms with Gasteiger partial charge in [0.1, 0.15) is 5.54 Å². The zero-order chi connectivity index (χ0) is 10.6. The van der Waals surface area contributed by atoms with Crippen LogP contribution < -0.4 is 5.73 Å².